The highest BCUT2D eigenvalue weighted by molar-refractivity contribution is 5.51. The van der Waals surface area contributed by atoms with Gasteiger partial charge in [-0.05, 0) is 19.1 Å². The summed E-state index contributed by atoms with van der Waals surface area (Å²) in [5.74, 6) is 0. The predicted molar refractivity (Wildman–Crippen MR) is 59.0 cm³/mol. The monoisotopic (exact) mass is 200 g/mol. The fourth-order valence-corrected chi connectivity index (χ4v) is 1.90. The van der Waals surface area contributed by atoms with Crippen LogP contribution < -0.4 is 9.13 Å². The van der Waals surface area contributed by atoms with Crippen molar-refractivity contribution < 1.29 is 9.13 Å². The fourth-order valence-electron chi connectivity index (χ4n) is 1.90. The van der Waals surface area contributed by atoms with Gasteiger partial charge in [0.05, 0.1) is 0 Å². The van der Waals surface area contributed by atoms with Gasteiger partial charge in [0.25, 0.3) is 11.4 Å². The Hall–Kier alpha value is -1.70. The van der Waals surface area contributed by atoms with E-state index >= 15 is 0 Å². The zero-order valence-corrected chi connectivity index (χ0v) is 9.44. The van der Waals surface area contributed by atoms with Crippen LogP contribution in [0.15, 0.2) is 42.7 Å². The molecule has 2 aromatic heterocycles. The number of rotatable bonds is 1. The van der Waals surface area contributed by atoms with E-state index in [1.807, 2.05) is 6.07 Å². The number of nitrogens with zero attached hydrogens (tertiary/aromatic N) is 2. The molecule has 76 valence electrons. The molecule has 0 aromatic carbocycles. The maximum atomic E-state index is 2.16. The average Bonchev–Trinajstić information content (AvgIpc) is 2.20. The molecule has 0 aliphatic rings. The summed E-state index contributed by atoms with van der Waals surface area (Å²) in [4.78, 5) is 0. The van der Waals surface area contributed by atoms with Crippen LogP contribution in [0.3, 0.4) is 0 Å². The Bertz CT molecular complexity index is 469. The largest absolute Gasteiger partial charge is 0.280 e. The van der Waals surface area contributed by atoms with Gasteiger partial charge in [-0.25, -0.2) is 0 Å². The lowest BCUT2D eigenvalue weighted by molar-refractivity contribution is -0.690. The summed E-state index contributed by atoms with van der Waals surface area (Å²) in [6.07, 6.45) is 4.15. The van der Waals surface area contributed by atoms with Crippen LogP contribution in [0.4, 0.5) is 0 Å². The molecule has 2 rings (SSSR count). The van der Waals surface area contributed by atoms with Crippen molar-refractivity contribution in [3.8, 4) is 11.4 Å². The maximum Gasteiger partial charge on any atom is 0.280 e. The molecule has 0 bridgehead atoms. The molecule has 2 heteroatoms. The molecule has 0 spiro atoms. The van der Waals surface area contributed by atoms with Gasteiger partial charge in [0.1, 0.15) is 14.1 Å². The van der Waals surface area contributed by atoms with Crippen molar-refractivity contribution in [1.29, 1.82) is 0 Å². The third-order valence-corrected chi connectivity index (χ3v) is 2.68. The second-order valence-corrected chi connectivity index (χ2v) is 3.85. The van der Waals surface area contributed by atoms with E-state index in [9.17, 15) is 0 Å². The summed E-state index contributed by atoms with van der Waals surface area (Å²) in [6.45, 7) is 2.14. The molecule has 0 amide bonds. The highest BCUT2D eigenvalue weighted by atomic mass is 15.0. The van der Waals surface area contributed by atoms with Crippen LogP contribution in [-0.2, 0) is 14.1 Å². The first kappa shape index (κ1) is 9.84. The van der Waals surface area contributed by atoms with Crippen LogP contribution in [0.1, 0.15) is 5.56 Å². The van der Waals surface area contributed by atoms with Crippen molar-refractivity contribution in [2.24, 2.45) is 14.1 Å². The Labute approximate surface area is 90.4 Å². The van der Waals surface area contributed by atoms with Gasteiger partial charge in [0.2, 0.25) is 0 Å². The van der Waals surface area contributed by atoms with Crippen molar-refractivity contribution in [1.82, 2.24) is 0 Å². The molecule has 0 atom stereocenters. The van der Waals surface area contributed by atoms with E-state index in [4.69, 9.17) is 0 Å². The van der Waals surface area contributed by atoms with E-state index in [2.05, 4.69) is 66.8 Å². The van der Waals surface area contributed by atoms with E-state index in [0.29, 0.717) is 0 Å². The molecular weight excluding hydrogens is 184 g/mol. The van der Waals surface area contributed by atoms with E-state index in [1.54, 1.807) is 0 Å². The van der Waals surface area contributed by atoms with Gasteiger partial charge < -0.3 is 0 Å². The quantitative estimate of drug-likeness (QED) is 0.613. The van der Waals surface area contributed by atoms with E-state index in [1.165, 1.54) is 17.0 Å². The summed E-state index contributed by atoms with van der Waals surface area (Å²) in [6, 6.07) is 10.5. The molecule has 0 N–H and O–H groups in total. The molecule has 2 aromatic rings. The number of hydrogen-bond acceptors (Lipinski definition) is 0. The standard InChI is InChI=1S/C13H16N2/c1-11-7-6-10-15(3)13(11)12-8-4-5-9-14(12)2/h4-10H,1-3H3/q+2. The van der Waals surface area contributed by atoms with Crippen LogP contribution in [-0.4, -0.2) is 0 Å². The van der Waals surface area contributed by atoms with Crippen LogP contribution in [0.25, 0.3) is 11.4 Å². The molecule has 0 fully saturated rings. The highest BCUT2D eigenvalue weighted by Gasteiger charge is 2.20. The molecule has 0 aliphatic heterocycles. The lowest BCUT2D eigenvalue weighted by Crippen LogP contribution is -2.38. The Morgan fingerprint density at radius 2 is 1.60 bits per heavy atom. The highest BCUT2D eigenvalue weighted by Crippen LogP contribution is 2.13. The average molecular weight is 200 g/mol. The van der Waals surface area contributed by atoms with Gasteiger partial charge in [0.15, 0.2) is 12.4 Å². The number of hydrogen-bond donors (Lipinski definition) is 0. The van der Waals surface area contributed by atoms with Crippen LogP contribution in [0.2, 0.25) is 0 Å². The topological polar surface area (TPSA) is 7.76 Å². The van der Waals surface area contributed by atoms with Gasteiger partial charge in [-0.2, -0.15) is 9.13 Å². The second-order valence-electron chi connectivity index (χ2n) is 3.85. The zero-order chi connectivity index (χ0) is 10.8. The first-order valence-electron chi connectivity index (χ1n) is 5.10. The summed E-state index contributed by atoms with van der Waals surface area (Å²) < 4.78 is 4.30. The minimum Gasteiger partial charge on any atom is -0.196 e. The Balaban J connectivity index is 2.69. The van der Waals surface area contributed by atoms with Crippen LogP contribution in [0.5, 0.6) is 0 Å². The van der Waals surface area contributed by atoms with E-state index in [-0.39, 0.29) is 0 Å². The van der Waals surface area contributed by atoms with Gasteiger partial charge in [-0.15, -0.1) is 0 Å². The summed E-state index contributed by atoms with van der Waals surface area (Å²) in [5, 5.41) is 0. The van der Waals surface area contributed by atoms with Crippen molar-refractivity contribution in [3.05, 3.63) is 48.3 Å². The number of pyridine rings is 2. The van der Waals surface area contributed by atoms with Crippen molar-refractivity contribution in [3.63, 3.8) is 0 Å². The van der Waals surface area contributed by atoms with Crippen molar-refractivity contribution >= 4 is 0 Å². The van der Waals surface area contributed by atoms with Gasteiger partial charge in [-0.3, -0.25) is 0 Å². The minimum absolute atomic E-state index is 1.23. The van der Waals surface area contributed by atoms with Crippen molar-refractivity contribution in [2.75, 3.05) is 0 Å². The predicted octanol–water partition coefficient (Wildman–Crippen LogP) is 1.31. The van der Waals surface area contributed by atoms with Crippen LogP contribution in [0, 0.1) is 6.92 Å². The molecule has 2 nitrogen and oxygen atoms in total. The molecule has 15 heavy (non-hydrogen) atoms. The third kappa shape index (κ3) is 1.75. The van der Waals surface area contributed by atoms with E-state index in [0.717, 1.165) is 0 Å². The lowest BCUT2D eigenvalue weighted by Gasteiger charge is -2.01. The number of aryl methyl sites for hydroxylation is 3. The summed E-state index contributed by atoms with van der Waals surface area (Å²) in [7, 11) is 4.15. The molecule has 0 unspecified atom stereocenters. The normalized spacial score (nSPS) is 10.3. The zero-order valence-electron chi connectivity index (χ0n) is 9.44. The molecule has 0 saturated heterocycles. The van der Waals surface area contributed by atoms with Gasteiger partial charge in [0, 0.05) is 23.8 Å². The van der Waals surface area contributed by atoms with Crippen LogP contribution >= 0.6 is 0 Å². The first-order chi connectivity index (χ1) is 7.20. The summed E-state index contributed by atoms with van der Waals surface area (Å²) in [5.41, 5.74) is 3.79. The Morgan fingerprint density at radius 3 is 2.27 bits per heavy atom. The smallest absolute Gasteiger partial charge is 0.196 e. The maximum absolute atomic E-state index is 2.16. The van der Waals surface area contributed by atoms with Gasteiger partial charge >= 0.3 is 0 Å². The molecule has 2 heterocycles. The van der Waals surface area contributed by atoms with Gasteiger partial charge in [-0.1, -0.05) is 0 Å². The number of aromatic nitrogens is 2. The minimum atomic E-state index is 1.23. The Kier molecular flexibility index (Phi) is 2.50. The first-order valence-corrected chi connectivity index (χ1v) is 5.10. The molecule has 0 saturated carbocycles. The third-order valence-electron chi connectivity index (χ3n) is 2.68. The van der Waals surface area contributed by atoms with Crippen molar-refractivity contribution in [2.45, 2.75) is 6.92 Å². The fraction of sp³-hybridized carbons (Fsp3) is 0.231. The summed E-state index contributed by atoms with van der Waals surface area (Å²) >= 11 is 0. The molecule has 0 radical (unpaired) electrons. The van der Waals surface area contributed by atoms with E-state index < -0.39 is 0 Å². The SMILES string of the molecule is Cc1ccc[n+](C)c1-c1cccc[n+]1C. The molecule has 0 aliphatic carbocycles. The molecular formula is C13H16N2+2. The Morgan fingerprint density at radius 1 is 0.867 bits per heavy atom. The lowest BCUT2D eigenvalue weighted by atomic mass is 10.1. The second kappa shape index (κ2) is 3.81.